The average molecular weight is 462 g/mol. The van der Waals surface area contributed by atoms with E-state index >= 15 is 0 Å². The summed E-state index contributed by atoms with van der Waals surface area (Å²) in [4.78, 5) is 24.3. The lowest BCUT2D eigenvalue weighted by Crippen LogP contribution is -2.43. The molecular formula is C22H24FN3O5S. The van der Waals surface area contributed by atoms with E-state index in [9.17, 15) is 22.4 Å². The SMILES string of the molecule is Cc1ccc(NC(=O)[C@H]2CCCN(S(=O)(=O)c3cc4c(cc3C)NC(=O)CO4)C2)cc1F. The van der Waals surface area contributed by atoms with Crippen LogP contribution in [0.2, 0.25) is 0 Å². The largest absolute Gasteiger partial charge is 0.482 e. The minimum Gasteiger partial charge on any atom is -0.482 e. The van der Waals surface area contributed by atoms with Gasteiger partial charge in [0.25, 0.3) is 5.91 Å². The van der Waals surface area contributed by atoms with Gasteiger partial charge >= 0.3 is 0 Å². The zero-order valence-electron chi connectivity index (χ0n) is 17.8. The topological polar surface area (TPSA) is 105 Å². The smallest absolute Gasteiger partial charge is 0.262 e. The van der Waals surface area contributed by atoms with E-state index in [4.69, 9.17) is 4.74 Å². The van der Waals surface area contributed by atoms with E-state index < -0.39 is 21.8 Å². The highest BCUT2D eigenvalue weighted by molar-refractivity contribution is 7.89. The molecule has 2 amide bonds. The van der Waals surface area contributed by atoms with Gasteiger partial charge in [0, 0.05) is 24.8 Å². The number of fused-ring (bicyclic) bond motifs is 1. The summed E-state index contributed by atoms with van der Waals surface area (Å²) in [6.07, 6.45) is 1.06. The molecule has 1 atom stereocenters. The molecule has 8 nitrogen and oxygen atoms in total. The number of rotatable bonds is 4. The first kappa shape index (κ1) is 22.2. The zero-order chi connectivity index (χ0) is 23.0. The van der Waals surface area contributed by atoms with Crippen LogP contribution < -0.4 is 15.4 Å². The van der Waals surface area contributed by atoms with Crippen LogP contribution in [0.25, 0.3) is 0 Å². The van der Waals surface area contributed by atoms with Gasteiger partial charge in [-0.1, -0.05) is 6.07 Å². The summed E-state index contributed by atoms with van der Waals surface area (Å²) >= 11 is 0. The second kappa shape index (κ2) is 8.51. The van der Waals surface area contributed by atoms with Crippen LogP contribution in [0, 0.1) is 25.6 Å². The number of ether oxygens (including phenoxy) is 1. The Labute approximate surface area is 185 Å². The van der Waals surface area contributed by atoms with Crippen molar-refractivity contribution in [3.8, 4) is 5.75 Å². The van der Waals surface area contributed by atoms with Crippen molar-refractivity contribution in [1.82, 2.24) is 4.31 Å². The molecule has 0 unspecified atom stereocenters. The number of nitrogens with one attached hydrogen (secondary N) is 2. The van der Waals surface area contributed by atoms with Gasteiger partial charge in [-0.25, -0.2) is 12.8 Å². The lowest BCUT2D eigenvalue weighted by Gasteiger charge is -2.32. The van der Waals surface area contributed by atoms with Gasteiger partial charge < -0.3 is 15.4 Å². The second-order valence-electron chi connectivity index (χ2n) is 8.11. The van der Waals surface area contributed by atoms with Crippen LogP contribution in [0.1, 0.15) is 24.0 Å². The highest BCUT2D eigenvalue weighted by atomic mass is 32.2. The molecular weight excluding hydrogens is 437 g/mol. The maximum absolute atomic E-state index is 13.8. The number of hydrogen-bond donors (Lipinski definition) is 2. The number of carbonyl (C=O) groups excluding carboxylic acids is 2. The molecule has 170 valence electrons. The lowest BCUT2D eigenvalue weighted by atomic mass is 9.98. The number of benzene rings is 2. The normalized spacial score (nSPS) is 19.0. The van der Waals surface area contributed by atoms with Crippen LogP contribution >= 0.6 is 0 Å². The van der Waals surface area contributed by atoms with Gasteiger partial charge in [-0.05, 0) is 56.0 Å². The number of amides is 2. The van der Waals surface area contributed by atoms with E-state index in [0.717, 1.165) is 0 Å². The molecule has 32 heavy (non-hydrogen) atoms. The van der Waals surface area contributed by atoms with Gasteiger partial charge in [0.1, 0.15) is 11.6 Å². The highest BCUT2D eigenvalue weighted by Crippen LogP contribution is 2.35. The van der Waals surface area contributed by atoms with Crippen LogP contribution in [-0.4, -0.2) is 44.2 Å². The number of nitrogens with zero attached hydrogens (tertiary/aromatic N) is 1. The predicted octanol–water partition coefficient (Wildman–Crippen LogP) is 2.81. The number of hydrogen-bond acceptors (Lipinski definition) is 5. The second-order valence-corrected chi connectivity index (χ2v) is 10.0. The standard InChI is InChI=1S/C22H24FN3O5S/c1-13-5-6-16(9-17(13)23)24-22(28)15-4-3-7-26(11-15)32(29,30)20-10-19-18(8-14(20)2)25-21(27)12-31-19/h5-6,8-10,15H,3-4,7,11-12H2,1-2H3,(H,24,28)(H,25,27)/t15-/m0/s1. The van der Waals surface area contributed by atoms with Crippen molar-refractivity contribution in [3.63, 3.8) is 0 Å². The van der Waals surface area contributed by atoms with Crippen LogP contribution in [0.15, 0.2) is 35.2 Å². The fourth-order valence-corrected chi connectivity index (χ4v) is 5.67. The Morgan fingerprint density at radius 2 is 2.00 bits per heavy atom. The third kappa shape index (κ3) is 4.33. The first-order chi connectivity index (χ1) is 15.1. The van der Waals surface area contributed by atoms with E-state index in [-0.39, 0.29) is 29.9 Å². The van der Waals surface area contributed by atoms with Crippen molar-refractivity contribution in [2.24, 2.45) is 5.92 Å². The number of anilines is 2. The minimum atomic E-state index is -3.89. The molecule has 2 aliphatic rings. The molecule has 1 saturated heterocycles. The molecule has 2 N–H and O–H groups in total. The number of carbonyl (C=O) groups is 2. The third-order valence-corrected chi connectivity index (χ3v) is 7.73. The Hall–Kier alpha value is -2.98. The molecule has 0 spiro atoms. The summed E-state index contributed by atoms with van der Waals surface area (Å²) in [5, 5.41) is 5.35. The molecule has 2 heterocycles. The minimum absolute atomic E-state index is 0.0244. The number of aryl methyl sites for hydroxylation is 2. The molecule has 4 rings (SSSR count). The fourth-order valence-electron chi connectivity index (χ4n) is 3.92. The van der Waals surface area contributed by atoms with Crippen molar-refractivity contribution in [3.05, 3.63) is 47.3 Å². The van der Waals surface area contributed by atoms with E-state index in [1.165, 1.54) is 16.4 Å². The van der Waals surface area contributed by atoms with Gasteiger partial charge in [0.2, 0.25) is 15.9 Å². The van der Waals surface area contributed by atoms with Crippen molar-refractivity contribution >= 4 is 33.2 Å². The van der Waals surface area contributed by atoms with Gasteiger partial charge in [-0.15, -0.1) is 0 Å². The van der Waals surface area contributed by atoms with E-state index in [1.54, 1.807) is 32.0 Å². The quantitative estimate of drug-likeness (QED) is 0.729. The summed E-state index contributed by atoms with van der Waals surface area (Å²) in [6.45, 7) is 3.41. The van der Waals surface area contributed by atoms with Crippen LogP contribution in [0.4, 0.5) is 15.8 Å². The van der Waals surface area contributed by atoms with Crippen molar-refractivity contribution in [2.75, 3.05) is 30.3 Å². The Kier molecular flexibility index (Phi) is 5.91. The molecule has 0 radical (unpaired) electrons. The Morgan fingerprint density at radius 3 is 2.75 bits per heavy atom. The van der Waals surface area contributed by atoms with E-state index in [0.29, 0.717) is 47.6 Å². The summed E-state index contributed by atoms with van der Waals surface area (Å²) in [6, 6.07) is 7.42. The summed E-state index contributed by atoms with van der Waals surface area (Å²) < 4.78 is 47.2. The molecule has 1 fully saturated rings. The molecule has 0 saturated carbocycles. The average Bonchev–Trinajstić information content (AvgIpc) is 2.75. The summed E-state index contributed by atoms with van der Waals surface area (Å²) in [5.41, 5.74) is 1.71. The fraction of sp³-hybridized carbons (Fsp3) is 0.364. The predicted molar refractivity (Wildman–Crippen MR) is 117 cm³/mol. The van der Waals surface area contributed by atoms with Gasteiger partial charge in [0.05, 0.1) is 16.5 Å². The first-order valence-electron chi connectivity index (χ1n) is 10.3. The van der Waals surface area contributed by atoms with E-state index in [1.807, 2.05) is 0 Å². The number of piperidine rings is 1. The van der Waals surface area contributed by atoms with Crippen molar-refractivity contribution in [1.29, 1.82) is 0 Å². The molecule has 2 aromatic carbocycles. The first-order valence-corrected chi connectivity index (χ1v) is 11.7. The van der Waals surface area contributed by atoms with Gasteiger partial charge in [0.15, 0.2) is 6.61 Å². The third-order valence-electron chi connectivity index (χ3n) is 5.72. The molecule has 2 aliphatic heterocycles. The Balaban J connectivity index is 1.53. The summed E-state index contributed by atoms with van der Waals surface area (Å²) in [7, 11) is -3.89. The summed E-state index contributed by atoms with van der Waals surface area (Å²) in [5.74, 6) is -1.33. The van der Waals surface area contributed by atoms with Crippen LogP contribution in [0.3, 0.4) is 0 Å². The highest BCUT2D eigenvalue weighted by Gasteiger charge is 2.35. The van der Waals surface area contributed by atoms with E-state index in [2.05, 4.69) is 10.6 Å². The Morgan fingerprint density at radius 1 is 1.22 bits per heavy atom. The monoisotopic (exact) mass is 461 g/mol. The Bertz CT molecular complexity index is 1200. The zero-order valence-corrected chi connectivity index (χ0v) is 18.6. The van der Waals surface area contributed by atoms with Gasteiger partial charge in [-0.2, -0.15) is 4.31 Å². The lowest BCUT2D eigenvalue weighted by molar-refractivity contribution is -0.121. The van der Waals surface area contributed by atoms with Crippen molar-refractivity contribution in [2.45, 2.75) is 31.6 Å². The maximum atomic E-state index is 13.8. The molecule has 0 bridgehead atoms. The number of halogens is 1. The molecule has 10 heteroatoms. The molecule has 2 aromatic rings. The number of sulfonamides is 1. The van der Waals surface area contributed by atoms with Gasteiger partial charge in [-0.3, -0.25) is 9.59 Å². The van der Waals surface area contributed by atoms with Crippen molar-refractivity contribution < 1.29 is 27.1 Å². The molecule has 0 aromatic heterocycles. The maximum Gasteiger partial charge on any atom is 0.262 e. The van der Waals surface area contributed by atoms with Crippen LogP contribution in [-0.2, 0) is 19.6 Å². The van der Waals surface area contributed by atoms with Crippen LogP contribution in [0.5, 0.6) is 5.75 Å². The molecule has 0 aliphatic carbocycles.